The molecule has 0 saturated carbocycles. The summed E-state index contributed by atoms with van der Waals surface area (Å²) in [6.07, 6.45) is 0. The molecule has 9 aromatic carbocycles. The van der Waals surface area contributed by atoms with Crippen molar-refractivity contribution in [3.8, 4) is 44.5 Å². The van der Waals surface area contributed by atoms with Gasteiger partial charge in [-0.1, -0.05) is 151 Å². The van der Waals surface area contributed by atoms with Gasteiger partial charge in [0.2, 0.25) is 0 Å². The lowest BCUT2D eigenvalue weighted by molar-refractivity contribution is 0.669. The van der Waals surface area contributed by atoms with Gasteiger partial charge in [-0.05, 0) is 107 Å². The van der Waals surface area contributed by atoms with Gasteiger partial charge in [-0.3, -0.25) is 0 Å². The molecule has 0 aliphatic rings. The maximum Gasteiger partial charge on any atom is 0.135 e. The average Bonchev–Trinajstić information content (AvgIpc) is 4.08. The molecule has 0 unspecified atom stereocenters. The Morgan fingerprint density at radius 3 is 1.49 bits per heavy atom. The third kappa shape index (κ3) is 4.47. The quantitative estimate of drug-likeness (QED) is 0.172. The average molecular weight is 653 g/mol. The monoisotopic (exact) mass is 652 g/mol. The minimum atomic E-state index is -1.09. The van der Waals surface area contributed by atoms with E-state index in [0.717, 1.165) is 0 Å². The molecule has 1 heterocycles. The molecule has 1 nitrogen and oxygen atoms in total. The van der Waals surface area contributed by atoms with Crippen LogP contribution in [0.15, 0.2) is 186 Å². The van der Waals surface area contributed by atoms with E-state index in [0.29, 0.717) is 0 Å². The maximum absolute atomic E-state index is 9.98. The molecule has 0 aliphatic heterocycles. The molecule has 0 aliphatic carbocycles. The van der Waals surface area contributed by atoms with E-state index in [-0.39, 0.29) is 0 Å². The summed E-state index contributed by atoms with van der Waals surface area (Å²) in [7, 11) is 0. The van der Waals surface area contributed by atoms with Gasteiger partial charge in [0.05, 0.1) is 41.1 Å². The molecule has 0 saturated heterocycles. The summed E-state index contributed by atoms with van der Waals surface area (Å²) in [5.41, 5.74) is -7.96. The van der Waals surface area contributed by atoms with Gasteiger partial charge in [0, 0.05) is 10.8 Å². The molecule has 1 aromatic heterocycles. The Morgan fingerprint density at radius 1 is 0.306 bits per heavy atom. The highest BCUT2D eigenvalue weighted by atomic mass is 16.3. The van der Waals surface area contributed by atoms with E-state index in [9.17, 15) is 15.1 Å². The van der Waals surface area contributed by atoms with Crippen LogP contribution in [0, 0.1) is 0 Å². The van der Waals surface area contributed by atoms with Crippen molar-refractivity contribution < 1.29 is 45.5 Å². The van der Waals surface area contributed by atoms with Crippen molar-refractivity contribution in [1.29, 1.82) is 0 Å². The van der Waals surface area contributed by atoms with Crippen LogP contribution in [0.25, 0.3) is 98.8 Å². The van der Waals surface area contributed by atoms with Crippen molar-refractivity contribution in [2.24, 2.45) is 0 Å². The lowest BCUT2D eigenvalue weighted by atomic mass is 9.83. The van der Waals surface area contributed by atoms with Crippen molar-refractivity contribution in [3.63, 3.8) is 0 Å². The molecule has 0 atom stereocenters. The Morgan fingerprint density at radius 2 is 0.796 bits per heavy atom. The Balaban J connectivity index is 1.48. The first-order valence-corrected chi connectivity index (χ1v) is 14.4. The second kappa shape index (κ2) is 11.1. The molecule has 0 spiro atoms. The van der Waals surface area contributed by atoms with Crippen LogP contribution in [0.2, 0.25) is 0 Å². The summed E-state index contributed by atoms with van der Waals surface area (Å²) < 4.78 is 276. The van der Waals surface area contributed by atoms with E-state index in [1.165, 1.54) is 0 Å². The number of furan rings is 1. The van der Waals surface area contributed by atoms with E-state index >= 15 is 0 Å². The van der Waals surface area contributed by atoms with Crippen LogP contribution in [0.4, 0.5) is 0 Å². The molecule has 0 radical (unpaired) electrons. The Labute approximate surface area is 326 Å². The van der Waals surface area contributed by atoms with E-state index < -0.39 is 280 Å². The minimum Gasteiger partial charge on any atom is -0.456 e. The van der Waals surface area contributed by atoms with E-state index in [4.69, 9.17) is 30.5 Å². The normalized spacial score (nSPS) is 20.2. The first-order valence-electron chi connectivity index (χ1n) is 29.4. The molecular weight excluding hydrogens is 593 g/mol. The van der Waals surface area contributed by atoms with Gasteiger partial charge < -0.3 is 4.42 Å². The second-order valence-electron chi connectivity index (χ2n) is 10.5. The Hall–Kier alpha value is -6.44. The molecule has 10 rings (SSSR count). The smallest absolute Gasteiger partial charge is 0.135 e. The molecule has 0 fully saturated rings. The number of benzene rings is 9. The Bertz CT molecular complexity index is 4490. The fourth-order valence-electron chi connectivity index (χ4n) is 5.74. The number of hydrogen-bond acceptors (Lipinski definition) is 1. The topological polar surface area (TPSA) is 13.1 Å². The highest BCUT2D eigenvalue weighted by Gasteiger charge is 2.19. The van der Waals surface area contributed by atoms with Crippen molar-refractivity contribution in [2.75, 3.05) is 0 Å². The highest BCUT2D eigenvalue weighted by molar-refractivity contribution is 6.23. The van der Waals surface area contributed by atoms with Gasteiger partial charge in [-0.25, -0.2) is 0 Å². The molecule has 228 valence electrons. The minimum absolute atomic E-state index is 0.539. The summed E-state index contributed by atoms with van der Waals surface area (Å²) in [6, 6.07) is -29.1. The van der Waals surface area contributed by atoms with Crippen LogP contribution in [-0.4, -0.2) is 0 Å². The fourth-order valence-corrected chi connectivity index (χ4v) is 5.74. The Kier molecular flexibility index (Phi) is 2.50. The van der Waals surface area contributed by atoms with E-state index in [1.807, 2.05) is 0 Å². The van der Waals surface area contributed by atoms with Gasteiger partial charge in [-0.2, -0.15) is 0 Å². The molecule has 1 heteroatoms. The van der Waals surface area contributed by atoms with Gasteiger partial charge in [0.15, 0.2) is 0 Å². The van der Waals surface area contributed by atoms with E-state index in [1.54, 1.807) is 0 Å². The maximum atomic E-state index is 9.98. The van der Waals surface area contributed by atoms with Crippen molar-refractivity contribution in [1.82, 2.24) is 0 Å². The zero-order chi connectivity index (χ0) is 58.4. The zero-order valence-corrected chi connectivity index (χ0v) is 24.4. The first-order chi connectivity index (χ1) is 36.8. The van der Waals surface area contributed by atoms with Crippen molar-refractivity contribution >= 4 is 54.3 Å². The third-order valence-corrected chi connectivity index (χ3v) is 7.82. The van der Waals surface area contributed by atoms with Gasteiger partial charge in [0.25, 0.3) is 0 Å². The van der Waals surface area contributed by atoms with Crippen LogP contribution in [0.3, 0.4) is 0 Å². The van der Waals surface area contributed by atoms with Crippen LogP contribution in [0.5, 0.6) is 0 Å². The zero-order valence-electron chi connectivity index (χ0n) is 54.4. The molecule has 10 aromatic rings. The fraction of sp³-hybridized carbons (Fsp3) is 0. The molecule has 0 bridgehead atoms. The van der Waals surface area contributed by atoms with Crippen LogP contribution < -0.4 is 0 Å². The lowest BCUT2D eigenvalue weighted by Crippen LogP contribution is -1.92. The second-order valence-corrected chi connectivity index (χ2v) is 10.5. The first kappa shape index (κ1) is 11.1. The number of hydrogen-bond donors (Lipinski definition) is 0. The third-order valence-electron chi connectivity index (χ3n) is 7.82. The van der Waals surface area contributed by atoms with Crippen LogP contribution >= 0.6 is 0 Å². The standard InChI is InChI=1S/C48H30O/c1-2-13-32(14-3-1)37-16-6-7-17-38(37)48-41-20-10-8-18-39(41)47(40-19-9-11-21-42(40)48)36-25-27-46-44(30-36)43-29-35(24-26-45(43)49-46)34-23-22-31-12-4-5-15-33(31)28-34/h1-30H/i1D,2D,3D,4D,5D,6D,7D,8D,9D,10D,11D,12D,13D,14D,15D,16D,17D,18D,19D,20D,21D,22D,23D,24D,25D,26D,27D,28D,29D,30D. The summed E-state index contributed by atoms with van der Waals surface area (Å²) in [5, 5.41) is -5.65. The molecule has 0 amide bonds. The van der Waals surface area contributed by atoms with Crippen LogP contribution in [0.1, 0.15) is 41.1 Å². The van der Waals surface area contributed by atoms with Gasteiger partial charge in [0.1, 0.15) is 11.2 Å². The summed E-state index contributed by atoms with van der Waals surface area (Å²) in [6.45, 7) is 0. The van der Waals surface area contributed by atoms with E-state index in [2.05, 4.69) is 0 Å². The lowest BCUT2D eigenvalue weighted by Gasteiger charge is -2.19. The van der Waals surface area contributed by atoms with Crippen molar-refractivity contribution in [2.45, 2.75) is 0 Å². The molecule has 0 N–H and O–H groups in total. The number of rotatable bonds is 4. The van der Waals surface area contributed by atoms with Gasteiger partial charge in [-0.15, -0.1) is 0 Å². The van der Waals surface area contributed by atoms with Crippen molar-refractivity contribution in [3.05, 3.63) is 181 Å². The van der Waals surface area contributed by atoms with Crippen LogP contribution in [-0.2, 0) is 0 Å². The SMILES string of the molecule is [2H]c1c([2H])c([2H])c(-c2c([2H])c([2H])c([2H])c([2H])c2-c2c3c([2H])c([2H])c([2H])c([2H])c3c(-c3c([2H])c([2H])c4oc5c([2H])c([2H])c(-c6c([2H])c([2H])c7c([2H])c([2H])c([2H])c([2H])c7c6[2H])c([2H])c5c4c3[2H])c3c([2H])c([2H])c([2H])c([2H])c23)c([2H])c1[2H]. The highest BCUT2D eigenvalue weighted by Crippen LogP contribution is 2.47. The predicted molar refractivity (Wildman–Crippen MR) is 208 cm³/mol. The number of fused-ring (bicyclic) bond motifs is 6. The predicted octanol–water partition coefficient (Wildman–Crippen LogP) is 13.7. The summed E-state index contributed by atoms with van der Waals surface area (Å²) >= 11 is 0. The summed E-state index contributed by atoms with van der Waals surface area (Å²) in [5.74, 6) is 0. The molecule has 49 heavy (non-hydrogen) atoms. The summed E-state index contributed by atoms with van der Waals surface area (Å²) in [4.78, 5) is 0. The van der Waals surface area contributed by atoms with Gasteiger partial charge >= 0.3 is 0 Å². The largest absolute Gasteiger partial charge is 0.456 e. The molecular formula is C48H30O.